The molecule has 1 fully saturated rings. The lowest BCUT2D eigenvalue weighted by molar-refractivity contribution is 0.0760. The monoisotopic (exact) mass is 494 g/mol. The Labute approximate surface area is 219 Å². The molecule has 1 N–H and O–H groups in total. The van der Waals surface area contributed by atoms with Crippen LogP contribution in [0.15, 0.2) is 60.8 Å². The van der Waals surface area contributed by atoms with Gasteiger partial charge in [-0.2, -0.15) is 5.26 Å². The molecule has 6 nitrogen and oxygen atoms in total. The minimum absolute atomic E-state index is 0.0179. The Morgan fingerprint density at radius 1 is 1.05 bits per heavy atom. The summed E-state index contributed by atoms with van der Waals surface area (Å²) in [6.45, 7) is 7.57. The smallest absolute Gasteiger partial charge is 0.257 e. The largest absolute Gasteiger partial charge is 0.339 e. The summed E-state index contributed by atoms with van der Waals surface area (Å²) in [5.74, 6) is 0.618. The van der Waals surface area contributed by atoms with Gasteiger partial charge in [-0.1, -0.05) is 32.0 Å². The highest BCUT2D eigenvalue weighted by Crippen LogP contribution is 2.29. The predicted molar refractivity (Wildman–Crippen MR) is 146 cm³/mol. The molecule has 2 aromatic carbocycles. The Bertz CT molecular complexity index is 1290. The van der Waals surface area contributed by atoms with Gasteiger partial charge in [-0.25, -0.2) is 0 Å². The number of likely N-dealkylation sites (tertiary alicyclic amines) is 1. The van der Waals surface area contributed by atoms with Crippen molar-refractivity contribution >= 4 is 17.5 Å². The second-order valence-electron chi connectivity index (χ2n) is 10.3. The van der Waals surface area contributed by atoms with Gasteiger partial charge in [0.25, 0.3) is 11.8 Å². The van der Waals surface area contributed by atoms with Crippen molar-refractivity contribution in [2.75, 3.05) is 18.4 Å². The molecule has 4 rings (SSSR count). The van der Waals surface area contributed by atoms with Crippen molar-refractivity contribution in [3.8, 4) is 6.07 Å². The number of nitrogens with one attached hydrogen (secondary N) is 1. The maximum Gasteiger partial charge on any atom is 0.257 e. The number of hydrogen-bond donors (Lipinski definition) is 1. The number of aryl methyl sites for hydroxylation is 1. The van der Waals surface area contributed by atoms with E-state index >= 15 is 0 Å². The number of nitriles is 1. The van der Waals surface area contributed by atoms with Crippen LogP contribution in [0, 0.1) is 24.2 Å². The number of amides is 2. The van der Waals surface area contributed by atoms with Crippen molar-refractivity contribution in [3.05, 3.63) is 94.3 Å². The van der Waals surface area contributed by atoms with Crippen LogP contribution in [0.5, 0.6) is 0 Å². The summed E-state index contributed by atoms with van der Waals surface area (Å²) in [6, 6.07) is 19.1. The van der Waals surface area contributed by atoms with Gasteiger partial charge >= 0.3 is 0 Å². The topological polar surface area (TPSA) is 86.1 Å². The van der Waals surface area contributed by atoms with E-state index in [1.54, 1.807) is 18.3 Å². The van der Waals surface area contributed by atoms with Gasteiger partial charge in [0, 0.05) is 36.2 Å². The van der Waals surface area contributed by atoms with Crippen molar-refractivity contribution in [3.63, 3.8) is 0 Å². The fourth-order valence-corrected chi connectivity index (χ4v) is 4.83. The third-order valence-corrected chi connectivity index (χ3v) is 6.96. The molecule has 0 spiro atoms. The van der Waals surface area contributed by atoms with Crippen LogP contribution in [0.3, 0.4) is 0 Å². The molecule has 0 bridgehead atoms. The zero-order valence-corrected chi connectivity index (χ0v) is 21.8. The van der Waals surface area contributed by atoms with Gasteiger partial charge in [0.1, 0.15) is 0 Å². The van der Waals surface area contributed by atoms with E-state index < -0.39 is 0 Å². The minimum Gasteiger partial charge on any atom is -0.339 e. The van der Waals surface area contributed by atoms with E-state index in [4.69, 9.17) is 5.26 Å². The van der Waals surface area contributed by atoms with Gasteiger partial charge in [0.2, 0.25) is 0 Å². The quantitative estimate of drug-likeness (QED) is 0.447. The van der Waals surface area contributed by atoms with E-state index in [1.165, 1.54) is 5.56 Å². The Morgan fingerprint density at radius 3 is 2.49 bits per heavy atom. The number of carbonyl (C=O) groups excluding carboxylic acids is 2. The van der Waals surface area contributed by atoms with Gasteiger partial charge in [0.05, 0.1) is 17.2 Å². The summed E-state index contributed by atoms with van der Waals surface area (Å²) in [5.41, 5.74) is 5.44. The SMILES string of the molecule is Cc1ccc(C(=O)N2CCCC(c3ccc(C#N)cc3)CC2)cc1NC(=O)c1ccc(CC(C)C)nc1. The number of rotatable bonds is 6. The first-order chi connectivity index (χ1) is 17.8. The van der Waals surface area contributed by atoms with Crippen molar-refractivity contribution in [1.29, 1.82) is 5.26 Å². The summed E-state index contributed by atoms with van der Waals surface area (Å²) in [7, 11) is 0. The summed E-state index contributed by atoms with van der Waals surface area (Å²) in [5, 5.41) is 12.0. The first kappa shape index (κ1) is 26.1. The third kappa shape index (κ3) is 6.62. The van der Waals surface area contributed by atoms with Crippen LogP contribution in [0.4, 0.5) is 5.69 Å². The van der Waals surface area contributed by atoms with Crippen LogP contribution in [-0.4, -0.2) is 34.8 Å². The second kappa shape index (κ2) is 11.8. The fourth-order valence-electron chi connectivity index (χ4n) is 4.83. The minimum atomic E-state index is -0.240. The molecule has 190 valence electrons. The van der Waals surface area contributed by atoms with E-state index in [0.717, 1.165) is 36.9 Å². The van der Waals surface area contributed by atoms with Crippen molar-refractivity contribution in [2.45, 2.75) is 52.4 Å². The summed E-state index contributed by atoms with van der Waals surface area (Å²) >= 11 is 0. The Morgan fingerprint density at radius 2 is 1.81 bits per heavy atom. The summed E-state index contributed by atoms with van der Waals surface area (Å²) in [4.78, 5) is 32.6. The first-order valence-electron chi connectivity index (χ1n) is 13.0. The van der Waals surface area contributed by atoms with Crippen LogP contribution in [0.25, 0.3) is 0 Å². The number of carbonyl (C=O) groups is 2. The number of aromatic nitrogens is 1. The number of benzene rings is 2. The van der Waals surface area contributed by atoms with Crippen molar-refractivity contribution in [2.24, 2.45) is 5.92 Å². The molecule has 2 heterocycles. The average molecular weight is 495 g/mol. The van der Waals surface area contributed by atoms with Crippen LogP contribution >= 0.6 is 0 Å². The second-order valence-corrected chi connectivity index (χ2v) is 10.3. The highest BCUT2D eigenvalue weighted by atomic mass is 16.2. The first-order valence-corrected chi connectivity index (χ1v) is 13.0. The highest BCUT2D eigenvalue weighted by Gasteiger charge is 2.23. The number of anilines is 1. The molecule has 37 heavy (non-hydrogen) atoms. The zero-order valence-electron chi connectivity index (χ0n) is 21.8. The van der Waals surface area contributed by atoms with Gasteiger partial charge in [-0.3, -0.25) is 14.6 Å². The molecule has 1 aliphatic rings. The molecular weight excluding hydrogens is 460 g/mol. The molecule has 0 radical (unpaired) electrons. The predicted octanol–water partition coefficient (Wildman–Crippen LogP) is 6.12. The molecule has 1 unspecified atom stereocenters. The summed E-state index contributed by atoms with van der Waals surface area (Å²) in [6.07, 6.45) is 5.29. The van der Waals surface area contributed by atoms with E-state index in [2.05, 4.69) is 30.2 Å². The Kier molecular flexibility index (Phi) is 8.35. The van der Waals surface area contributed by atoms with Crippen molar-refractivity contribution < 1.29 is 9.59 Å². The molecule has 1 aliphatic heterocycles. The molecule has 0 saturated carbocycles. The number of hydrogen-bond acceptors (Lipinski definition) is 4. The molecule has 6 heteroatoms. The molecule has 1 aromatic heterocycles. The lowest BCUT2D eigenvalue weighted by Crippen LogP contribution is -2.32. The summed E-state index contributed by atoms with van der Waals surface area (Å²) < 4.78 is 0. The number of pyridine rings is 1. The third-order valence-electron chi connectivity index (χ3n) is 6.96. The van der Waals surface area contributed by atoms with Gasteiger partial charge < -0.3 is 10.2 Å². The van der Waals surface area contributed by atoms with Crippen LogP contribution in [0.2, 0.25) is 0 Å². The van der Waals surface area contributed by atoms with E-state index in [9.17, 15) is 9.59 Å². The molecule has 2 amide bonds. The highest BCUT2D eigenvalue weighted by molar-refractivity contribution is 6.05. The van der Waals surface area contributed by atoms with Crippen LogP contribution in [0.1, 0.15) is 82.1 Å². The van der Waals surface area contributed by atoms with Gasteiger partial charge in [0.15, 0.2) is 0 Å². The Balaban J connectivity index is 1.42. The van der Waals surface area contributed by atoms with E-state index in [-0.39, 0.29) is 11.8 Å². The number of nitrogens with zero attached hydrogens (tertiary/aromatic N) is 3. The van der Waals surface area contributed by atoms with E-state index in [0.29, 0.717) is 47.3 Å². The lowest BCUT2D eigenvalue weighted by Gasteiger charge is -2.21. The normalized spacial score (nSPS) is 15.6. The molecule has 1 atom stereocenters. The fraction of sp³-hybridized carbons (Fsp3) is 0.355. The maximum absolute atomic E-state index is 13.4. The zero-order chi connectivity index (χ0) is 26.4. The van der Waals surface area contributed by atoms with Crippen molar-refractivity contribution in [1.82, 2.24) is 9.88 Å². The molecular formula is C31H34N4O2. The van der Waals surface area contributed by atoms with Crippen LogP contribution in [-0.2, 0) is 6.42 Å². The molecule has 1 saturated heterocycles. The molecule has 3 aromatic rings. The average Bonchev–Trinajstić information content (AvgIpc) is 3.16. The van der Waals surface area contributed by atoms with Crippen LogP contribution < -0.4 is 5.32 Å². The standard InChI is InChI=1S/C31H34N4O2/c1-21(2)17-28-13-12-27(20-33-28)30(36)34-29-18-26(9-6-22(29)3)31(37)35-15-4-5-24(14-16-35)25-10-7-23(19-32)8-11-25/h6-13,18,20-21,24H,4-5,14-17H2,1-3H3,(H,34,36). The van der Waals surface area contributed by atoms with Gasteiger partial charge in [-0.15, -0.1) is 0 Å². The lowest BCUT2D eigenvalue weighted by atomic mass is 9.91. The Hall–Kier alpha value is -3.98. The molecule has 0 aliphatic carbocycles. The van der Waals surface area contributed by atoms with Gasteiger partial charge in [-0.05, 0) is 92.0 Å². The maximum atomic E-state index is 13.4. The van der Waals surface area contributed by atoms with E-state index in [1.807, 2.05) is 54.3 Å².